The molecule has 1 atom stereocenters. The smallest absolute Gasteiger partial charge is 0.254 e. The summed E-state index contributed by atoms with van der Waals surface area (Å²) in [5, 5.41) is 8.53. The van der Waals surface area contributed by atoms with Gasteiger partial charge in [-0.3, -0.25) is 9.36 Å². The normalized spacial score (nSPS) is 17.1. The molecule has 1 aromatic heterocycles. The van der Waals surface area contributed by atoms with Crippen LogP contribution in [-0.2, 0) is 0 Å². The number of para-hydroxylation sites is 1. The van der Waals surface area contributed by atoms with Crippen LogP contribution < -0.4 is 0 Å². The van der Waals surface area contributed by atoms with Gasteiger partial charge in [0.15, 0.2) is 5.82 Å². The molecule has 0 N–H and O–H groups in total. The molecule has 0 spiro atoms. The maximum absolute atomic E-state index is 13.3. The molecule has 1 aliphatic heterocycles. The quantitative estimate of drug-likeness (QED) is 0.701. The Hall–Kier alpha value is -2.95. The Balaban J connectivity index is 1.69. The largest absolute Gasteiger partial charge is 0.328 e. The molecule has 4 rings (SSSR count). The number of hydrogen-bond donors (Lipinski definition) is 0. The number of carbonyl (C=O) groups is 1. The summed E-state index contributed by atoms with van der Waals surface area (Å²) >= 11 is 0. The molecule has 1 amide bonds. The molecule has 0 radical (unpaired) electrons. The Morgan fingerprint density at radius 1 is 1.04 bits per heavy atom. The van der Waals surface area contributed by atoms with E-state index in [9.17, 15) is 4.79 Å². The Bertz CT molecular complexity index is 948. The van der Waals surface area contributed by atoms with Gasteiger partial charge in [0.25, 0.3) is 5.91 Å². The van der Waals surface area contributed by atoms with E-state index in [0.29, 0.717) is 0 Å². The molecule has 5 heteroatoms. The van der Waals surface area contributed by atoms with Gasteiger partial charge in [-0.15, -0.1) is 10.2 Å². The predicted octanol–water partition coefficient (Wildman–Crippen LogP) is 4.25. The number of aromatic nitrogens is 3. The van der Waals surface area contributed by atoms with Gasteiger partial charge in [0.05, 0.1) is 6.04 Å². The first-order valence-electron chi connectivity index (χ1n) is 9.49. The molecule has 5 nitrogen and oxygen atoms in total. The third-order valence-electron chi connectivity index (χ3n) is 5.42. The van der Waals surface area contributed by atoms with Crippen LogP contribution in [0.1, 0.15) is 52.6 Å². The first kappa shape index (κ1) is 17.5. The summed E-state index contributed by atoms with van der Waals surface area (Å²) in [5.74, 6) is 0.906. The van der Waals surface area contributed by atoms with Gasteiger partial charge in [-0.2, -0.15) is 0 Å². The molecule has 0 aliphatic carbocycles. The van der Waals surface area contributed by atoms with Crippen LogP contribution in [0.5, 0.6) is 0 Å². The highest BCUT2D eigenvalue weighted by atomic mass is 16.2. The zero-order chi connectivity index (χ0) is 18.8. The lowest BCUT2D eigenvalue weighted by molar-refractivity contribution is 0.0597. The van der Waals surface area contributed by atoms with Gasteiger partial charge < -0.3 is 4.90 Å². The molecule has 2 heterocycles. The topological polar surface area (TPSA) is 51.0 Å². The lowest BCUT2D eigenvalue weighted by Crippen LogP contribution is -2.39. The van der Waals surface area contributed by atoms with E-state index in [4.69, 9.17) is 0 Å². The molecule has 27 heavy (non-hydrogen) atoms. The van der Waals surface area contributed by atoms with Gasteiger partial charge in [0.1, 0.15) is 6.33 Å². The summed E-state index contributed by atoms with van der Waals surface area (Å²) in [5.41, 5.74) is 4.10. The summed E-state index contributed by atoms with van der Waals surface area (Å²) in [7, 11) is 0. The summed E-state index contributed by atoms with van der Waals surface area (Å²) < 4.78 is 2.00. The highest BCUT2D eigenvalue weighted by Crippen LogP contribution is 2.32. The number of benzene rings is 2. The van der Waals surface area contributed by atoms with E-state index >= 15 is 0 Å². The molecular weight excluding hydrogens is 336 g/mol. The Morgan fingerprint density at radius 3 is 2.63 bits per heavy atom. The van der Waals surface area contributed by atoms with Crippen LogP contribution in [0.4, 0.5) is 0 Å². The van der Waals surface area contributed by atoms with Crippen molar-refractivity contribution in [3.05, 3.63) is 77.4 Å². The average molecular weight is 360 g/mol. The molecule has 3 aromatic rings. The second-order valence-corrected chi connectivity index (χ2v) is 7.20. The number of nitrogens with zero attached hydrogens (tertiary/aromatic N) is 4. The first-order valence-corrected chi connectivity index (χ1v) is 9.49. The lowest BCUT2D eigenvalue weighted by Gasteiger charge is -2.35. The number of likely N-dealkylation sites (tertiary alicyclic amines) is 1. The maximum Gasteiger partial charge on any atom is 0.254 e. The van der Waals surface area contributed by atoms with Crippen molar-refractivity contribution in [3.8, 4) is 5.69 Å². The number of hydrogen-bond acceptors (Lipinski definition) is 3. The molecule has 1 unspecified atom stereocenters. The van der Waals surface area contributed by atoms with Gasteiger partial charge in [-0.05, 0) is 68.5 Å². The van der Waals surface area contributed by atoms with E-state index in [1.165, 1.54) is 5.56 Å². The monoisotopic (exact) mass is 360 g/mol. The minimum absolute atomic E-state index is 0.0597. The molecule has 138 valence electrons. The van der Waals surface area contributed by atoms with Crippen LogP contribution in [0.15, 0.2) is 54.9 Å². The van der Waals surface area contributed by atoms with Crippen LogP contribution in [0.3, 0.4) is 0 Å². The fourth-order valence-electron chi connectivity index (χ4n) is 3.74. The second kappa shape index (κ2) is 7.35. The number of aryl methyl sites for hydroxylation is 2. The molecule has 0 saturated carbocycles. The number of carbonyl (C=O) groups excluding carboxylic acids is 1. The van der Waals surface area contributed by atoms with Crippen molar-refractivity contribution in [2.24, 2.45) is 0 Å². The molecular formula is C22H24N4O. The van der Waals surface area contributed by atoms with Crippen LogP contribution in [0, 0.1) is 13.8 Å². The van der Waals surface area contributed by atoms with Crippen molar-refractivity contribution in [3.63, 3.8) is 0 Å². The van der Waals surface area contributed by atoms with Gasteiger partial charge in [0.2, 0.25) is 0 Å². The number of amides is 1. The van der Waals surface area contributed by atoms with E-state index in [1.807, 2.05) is 64.9 Å². The van der Waals surface area contributed by atoms with Gasteiger partial charge in [0, 0.05) is 17.8 Å². The van der Waals surface area contributed by atoms with Crippen molar-refractivity contribution in [2.75, 3.05) is 6.54 Å². The van der Waals surface area contributed by atoms with Crippen molar-refractivity contribution >= 4 is 5.91 Å². The molecule has 1 aliphatic rings. The van der Waals surface area contributed by atoms with Crippen molar-refractivity contribution in [2.45, 2.75) is 39.2 Å². The SMILES string of the molecule is Cc1ccc(C(=O)N2CCCCC2c2nncn2-c2ccccc2)cc1C. The summed E-state index contributed by atoms with van der Waals surface area (Å²) in [4.78, 5) is 15.3. The van der Waals surface area contributed by atoms with Crippen molar-refractivity contribution < 1.29 is 4.79 Å². The fourth-order valence-corrected chi connectivity index (χ4v) is 3.74. The molecule has 0 bridgehead atoms. The first-order chi connectivity index (χ1) is 13.1. The Labute approximate surface area is 159 Å². The van der Waals surface area contributed by atoms with E-state index in [2.05, 4.69) is 17.1 Å². The molecule has 1 saturated heterocycles. The summed E-state index contributed by atoms with van der Waals surface area (Å²) in [6.45, 7) is 4.86. The zero-order valence-electron chi connectivity index (χ0n) is 15.8. The number of rotatable bonds is 3. The predicted molar refractivity (Wildman–Crippen MR) is 105 cm³/mol. The Morgan fingerprint density at radius 2 is 1.85 bits per heavy atom. The summed E-state index contributed by atoms with van der Waals surface area (Å²) in [6, 6.07) is 15.9. The van der Waals surface area contributed by atoms with Crippen LogP contribution in [0.2, 0.25) is 0 Å². The van der Waals surface area contributed by atoms with Crippen LogP contribution in [0.25, 0.3) is 5.69 Å². The average Bonchev–Trinajstić information content (AvgIpc) is 3.20. The van der Waals surface area contributed by atoms with Crippen LogP contribution in [-0.4, -0.2) is 32.1 Å². The van der Waals surface area contributed by atoms with Crippen molar-refractivity contribution in [1.82, 2.24) is 19.7 Å². The number of piperidine rings is 1. The van der Waals surface area contributed by atoms with E-state index in [0.717, 1.165) is 48.4 Å². The highest BCUT2D eigenvalue weighted by Gasteiger charge is 2.32. The molecule has 1 fully saturated rings. The summed E-state index contributed by atoms with van der Waals surface area (Å²) in [6.07, 6.45) is 4.75. The highest BCUT2D eigenvalue weighted by molar-refractivity contribution is 5.94. The molecule has 2 aromatic carbocycles. The van der Waals surface area contributed by atoms with Gasteiger partial charge in [-0.25, -0.2) is 0 Å². The standard InChI is InChI=1S/C22H24N4O/c1-16-11-12-18(14-17(16)2)22(27)25-13-7-6-10-20(25)21-24-23-15-26(21)19-8-4-3-5-9-19/h3-5,8-9,11-12,14-15,20H,6-7,10,13H2,1-2H3. The van der Waals surface area contributed by atoms with E-state index in [1.54, 1.807) is 6.33 Å². The Kier molecular flexibility index (Phi) is 4.75. The third-order valence-corrected chi connectivity index (χ3v) is 5.42. The van der Waals surface area contributed by atoms with Gasteiger partial charge in [-0.1, -0.05) is 24.3 Å². The second-order valence-electron chi connectivity index (χ2n) is 7.20. The maximum atomic E-state index is 13.3. The van der Waals surface area contributed by atoms with E-state index in [-0.39, 0.29) is 11.9 Å². The zero-order valence-corrected chi connectivity index (χ0v) is 15.8. The van der Waals surface area contributed by atoms with Gasteiger partial charge >= 0.3 is 0 Å². The van der Waals surface area contributed by atoms with Crippen LogP contribution >= 0.6 is 0 Å². The fraction of sp³-hybridized carbons (Fsp3) is 0.318. The van der Waals surface area contributed by atoms with E-state index < -0.39 is 0 Å². The third kappa shape index (κ3) is 3.37. The minimum Gasteiger partial charge on any atom is -0.328 e. The lowest BCUT2D eigenvalue weighted by atomic mass is 9.98. The van der Waals surface area contributed by atoms with Crippen molar-refractivity contribution in [1.29, 1.82) is 0 Å². The minimum atomic E-state index is -0.0597.